The molecule has 0 bridgehead atoms. The van der Waals surface area contributed by atoms with Gasteiger partial charge in [-0.1, -0.05) is 42.5 Å². The molecule has 1 aromatic carbocycles. The van der Waals surface area contributed by atoms with Crippen LogP contribution in [0, 0.1) is 11.8 Å². The zero-order valence-corrected chi connectivity index (χ0v) is 12.0. The first-order chi connectivity index (χ1) is 10.6. The van der Waals surface area contributed by atoms with Gasteiger partial charge in [-0.05, 0) is 18.4 Å². The van der Waals surface area contributed by atoms with Gasteiger partial charge in [0.25, 0.3) is 0 Å². The van der Waals surface area contributed by atoms with Gasteiger partial charge < -0.3 is 9.90 Å². The second-order valence-electron chi connectivity index (χ2n) is 5.17. The van der Waals surface area contributed by atoms with E-state index in [0.717, 1.165) is 5.56 Å². The molecule has 2 rings (SSSR count). The molecule has 0 saturated heterocycles. The predicted molar refractivity (Wildman–Crippen MR) is 76.8 cm³/mol. The second-order valence-corrected chi connectivity index (χ2v) is 5.17. The molecule has 1 aliphatic carbocycles. The van der Waals surface area contributed by atoms with E-state index in [1.807, 2.05) is 18.2 Å². The highest BCUT2D eigenvalue weighted by Gasteiger charge is 2.29. The number of aliphatic carboxylic acids is 1. The summed E-state index contributed by atoms with van der Waals surface area (Å²) in [6.07, 6.45) is 4.20. The molecule has 2 atom stereocenters. The molecule has 0 spiro atoms. The van der Waals surface area contributed by atoms with E-state index in [1.165, 1.54) is 0 Å². The molecular formula is C16H17N2O4-. The van der Waals surface area contributed by atoms with Crippen LogP contribution in [0.15, 0.2) is 42.5 Å². The van der Waals surface area contributed by atoms with E-state index in [2.05, 4.69) is 10.9 Å². The maximum atomic E-state index is 12.0. The van der Waals surface area contributed by atoms with Gasteiger partial charge in [0.15, 0.2) is 0 Å². The van der Waals surface area contributed by atoms with Crippen molar-refractivity contribution in [2.45, 2.75) is 19.3 Å². The number of rotatable bonds is 4. The Kier molecular flexibility index (Phi) is 5.30. The Morgan fingerprint density at radius 1 is 1.00 bits per heavy atom. The normalized spacial score (nSPS) is 20.2. The van der Waals surface area contributed by atoms with Crippen LogP contribution in [0.1, 0.15) is 18.4 Å². The van der Waals surface area contributed by atoms with Crippen molar-refractivity contribution >= 4 is 17.8 Å². The summed E-state index contributed by atoms with van der Waals surface area (Å²) in [6, 6.07) is 9.10. The van der Waals surface area contributed by atoms with Crippen LogP contribution in [-0.2, 0) is 20.8 Å². The second kappa shape index (κ2) is 7.40. The Labute approximate surface area is 128 Å². The van der Waals surface area contributed by atoms with Crippen LogP contribution < -0.4 is 16.0 Å². The molecule has 1 aromatic rings. The minimum Gasteiger partial charge on any atom is -0.550 e. The highest BCUT2D eigenvalue weighted by atomic mass is 16.4. The number of hydrogen-bond acceptors (Lipinski definition) is 4. The van der Waals surface area contributed by atoms with Gasteiger partial charge in [0.05, 0.1) is 12.3 Å². The lowest BCUT2D eigenvalue weighted by atomic mass is 9.82. The minimum atomic E-state index is -1.25. The number of nitrogens with one attached hydrogen (secondary N) is 2. The van der Waals surface area contributed by atoms with Crippen LogP contribution in [0.5, 0.6) is 0 Å². The maximum absolute atomic E-state index is 12.0. The third-order valence-corrected chi connectivity index (χ3v) is 3.60. The van der Waals surface area contributed by atoms with Crippen molar-refractivity contribution in [3.05, 3.63) is 48.0 Å². The highest BCUT2D eigenvalue weighted by Crippen LogP contribution is 2.25. The molecule has 2 N–H and O–H groups in total. The molecule has 0 saturated carbocycles. The Morgan fingerprint density at radius 3 is 2.27 bits per heavy atom. The van der Waals surface area contributed by atoms with Crippen molar-refractivity contribution in [2.75, 3.05) is 0 Å². The molecule has 0 heterocycles. The Balaban J connectivity index is 1.85. The van der Waals surface area contributed by atoms with Crippen molar-refractivity contribution in [3.63, 3.8) is 0 Å². The number of hydrogen-bond donors (Lipinski definition) is 2. The molecule has 0 radical (unpaired) electrons. The predicted octanol–water partition coefficient (Wildman–Crippen LogP) is -0.291. The minimum absolute atomic E-state index is 0.135. The van der Waals surface area contributed by atoms with Gasteiger partial charge in [0.2, 0.25) is 11.8 Å². The number of amides is 2. The highest BCUT2D eigenvalue weighted by molar-refractivity contribution is 5.87. The van der Waals surface area contributed by atoms with Gasteiger partial charge >= 0.3 is 0 Å². The lowest BCUT2D eigenvalue weighted by Crippen LogP contribution is -2.49. The van der Waals surface area contributed by atoms with Gasteiger partial charge in [-0.25, -0.2) is 0 Å². The number of benzene rings is 1. The molecule has 0 aliphatic heterocycles. The maximum Gasteiger partial charge on any atom is 0.242 e. The fourth-order valence-corrected chi connectivity index (χ4v) is 2.41. The first-order valence-corrected chi connectivity index (χ1v) is 7.06. The monoisotopic (exact) mass is 301 g/mol. The molecule has 6 heteroatoms. The van der Waals surface area contributed by atoms with Gasteiger partial charge in [0.1, 0.15) is 0 Å². The molecule has 1 aliphatic rings. The summed E-state index contributed by atoms with van der Waals surface area (Å²) in [7, 11) is 0. The summed E-state index contributed by atoms with van der Waals surface area (Å²) in [5, 5.41) is 11.0. The van der Waals surface area contributed by atoms with Gasteiger partial charge in [-0.2, -0.15) is 0 Å². The summed E-state index contributed by atoms with van der Waals surface area (Å²) in [5.74, 6) is -3.72. The van der Waals surface area contributed by atoms with Crippen molar-refractivity contribution in [1.29, 1.82) is 0 Å². The van der Waals surface area contributed by atoms with Crippen molar-refractivity contribution in [1.82, 2.24) is 10.9 Å². The number of allylic oxidation sites excluding steroid dienone is 2. The zero-order valence-electron chi connectivity index (χ0n) is 12.0. The molecule has 0 unspecified atom stereocenters. The van der Waals surface area contributed by atoms with E-state index >= 15 is 0 Å². The Hall–Kier alpha value is -2.63. The number of carbonyl (C=O) groups excluding carboxylic acids is 3. The molecular weight excluding hydrogens is 284 g/mol. The smallest absolute Gasteiger partial charge is 0.242 e. The Bertz CT molecular complexity index is 583. The Morgan fingerprint density at radius 2 is 1.64 bits per heavy atom. The van der Waals surface area contributed by atoms with Crippen molar-refractivity contribution in [2.24, 2.45) is 11.8 Å². The first-order valence-electron chi connectivity index (χ1n) is 7.06. The van der Waals surface area contributed by atoms with E-state index in [0.29, 0.717) is 6.42 Å². The van der Waals surface area contributed by atoms with Crippen LogP contribution in [-0.4, -0.2) is 17.8 Å². The van der Waals surface area contributed by atoms with E-state index in [9.17, 15) is 19.5 Å². The topological polar surface area (TPSA) is 98.3 Å². The summed E-state index contributed by atoms with van der Waals surface area (Å²) in [5.41, 5.74) is 5.43. The first kappa shape index (κ1) is 15.8. The molecule has 0 fully saturated rings. The summed E-state index contributed by atoms with van der Waals surface area (Å²) >= 11 is 0. The van der Waals surface area contributed by atoms with Gasteiger partial charge in [0, 0.05) is 11.9 Å². The number of carboxylic acids is 1. The molecule has 22 heavy (non-hydrogen) atoms. The lowest BCUT2D eigenvalue weighted by Gasteiger charge is -2.28. The SMILES string of the molecule is O=C(Cc1ccccc1)NNC(=O)[C@@H]1CC=CC[C@@H]1C(=O)[O-]. The quantitative estimate of drug-likeness (QED) is 0.589. The van der Waals surface area contributed by atoms with Gasteiger partial charge in [-0.3, -0.25) is 20.4 Å². The summed E-state index contributed by atoms with van der Waals surface area (Å²) in [6.45, 7) is 0. The molecule has 2 amide bonds. The fraction of sp³-hybridized carbons (Fsp3) is 0.312. The van der Waals surface area contributed by atoms with E-state index in [1.54, 1.807) is 24.3 Å². The van der Waals surface area contributed by atoms with E-state index in [4.69, 9.17) is 0 Å². The van der Waals surface area contributed by atoms with E-state index in [-0.39, 0.29) is 18.7 Å². The average Bonchev–Trinajstić information content (AvgIpc) is 2.53. The van der Waals surface area contributed by atoms with E-state index < -0.39 is 23.7 Å². The third kappa shape index (κ3) is 4.18. The largest absolute Gasteiger partial charge is 0.550 e. The number of hydrazine groups is 1. The van der Waals surface area contributed by atoms with Crippen LogP contribution in [0.2, 0.25) is 0 Å². The van der Waals surface area contributed by atoms with Crippen LogP contribution >= 0.6 is 0 Å². The number of carbonyl (C=O) groups is 3. The van der Waals surface area contributed by atoms with Crippen LogP contribution in [0.3, 0.4) is 0 Å². The standard InChI is InChI=1S/C16H18N2O4/c19-14(10-11-6-2-1-3-7-11)17-18-15(20)12-8-4-5-9-13(12)16(21)22/h1-7,12-13H,8-10H2,(H,17,19)(H,18,20)(H,21,22)/p-1/t12-,13+/m1/s1. The van der Waals surface area contributed by atoms with Crippen LogP contribution in [0.25, 0.3) is 0 Å². The number of carboxylic acid groups (broad SMARTS) is 1. The molecule has 0 aromatic heterocycles. The average molecular weight is 301 g/mol. The van der Waals surface area contributed by atoms with Crippen molar-refractivity contribution < 1.29 is 19.5 Å². The molecule has 116 valence electrons. The summed E-state index contributed by atoms with van der Waals surface area (Å²) < 4.78 is 0. The fourth-order valence-electron chi connectivity index (χ4n) is 2.41. The van der Waals surface area contributed by atoms with Crippen LogP contribution in [0.4, 0.5) is 0 Å². The lowest BCUT2D eigenvalue weighted by molar-refractivity contribution is -0.313. The third-order valence-electron chi connectivity index (χ3n) is 3.60. The molecule has 6 nitrogen and oxygen atoms in total. The van der Waals surface area contributed by atoms with Crippen molar-refractivity contribution in [3.8, 4) is 0 Å². The zero-order chi connectivity index (χ0) is 15.9. The van der Waals surface area contributed by atoms with Gasteiger partial charge in [-0.15, -0.1) is 0 Å². The summed E-state index contributed by atoms with van der Waals surface area (Å²) in [4.78, 5) is 34.8.